The molecule has 2 aromatic carbocycles. The number of nitrogens with zero attached hydrogens (tertiary/aromatic N) is 3. The Bertz CT molecular complexity index is 1160. The lowest BCUT2D eigenvalue weighted by atomic mass is 9.94. The quantitative estimate of drug-likeness (QED) is 0.485. The van der Waals surface area contributed by atoms with Gasteiger partial charge < -0.3 is 24.2 Å². The topological polar surface area (TPSA) is 132 Å². The Hall–Kier alpha value is -2.93. The molecule has 1 atom stereocenters. The number of aliphatic hydroxyl groups is 1. The van der Waals surface area contributed by atoms with Gasteiger partial charge in [0.15, 0.2) is 0 Å². The highest BCUT2D eigenvalue weighted by molar-refractivity contribution is 7.89. The van der Waals surface area contributed by atoms with Gasteiger partial charge in [0, 0.05) is 49.4 Å². The zero-order valence-corrected chi connectivity index (χ0v) is 19.1. The van der Waals surface area contributed by atoms with Gasteiger partial charge in [-0.1, -0.05) is 0 Å². The number of morpholine rings is 1. The maximum Gasteiger partial charge on any atom is 0.270 e. The highest BCUT2D eigenvalue weighted by Gasteiger charge is 2.35. The van der Waals surface area contributed by atoms with E-state index in [1.54, 1.807) is 17.0 Å². The summed E-state index contributed by atoms with van der Waals surface area (Å²) in [6, 6.07) is 7.17. The van der Waals surface area contributed by atoms with Crippen molar-refractivity contribution in [2.24, 2.45) is 0 Å². The van der Waals surface area contributed by atoms with Gasteiger partial charge in [0.25, 0.3) is 5.69 Å². The Kier molecular flexibility index (Phi) is 6.43. The molecule has 0 radical (unpaired) electrons. The first-order chi connectivity index (χ1) is 15.8. The summed E-state index contributed by atoms with van der Waals surface area (Å²) in [6.45, 7) is 1.09. The lowest BCUT2D eigenvalue weighted by molar-refractivity contribution is -0.385. The van der Waals surface area contributed by atoms with Gasteiger partial charge in [-0.05, 0) is 18.2 Å². The molecular weight excluding hydrogens is 454 g/mol. The number of anilines is 1. The summed E-state index contributed by atoms with van der Waals surface area (Å²) in [5.74, 6) is 1.02. The average molecular weight is 480 g/mol. The van der Waals surface area contributed by atoms with Gasteiger partial charge in [0.1, 0.15) is 22.5 Å². The molecular formula is C21H25N3O8S. The van der Waals surface area contributed by atoms with Crippen molar-refractivity contribution in [3.05, 3.63) is 51.6 Å². The molecule has 2 aliphatic rings. The first kappa shape index (κ1) is 23.2. The van der Waals surface area contributed by atoms with E-state index in [1.165, 1.54) is 30.7 Å². The summed E-state index contributed by atoms with van der Waals surface area (Å²) in [4.78, 5) is 12.3. The van der Waals surface area contributed by atoms with Crippen molar-refractivity contribution >= 4 is 21.4 Å². The van der Waals surface area contributed by atoms with Crippen LogP contribution in [0.4, 0.5) is 11.4 Å². The third-order valence-electron chi connectivity index (χ3n) is 5.87. The molecule has 4 rings (SSSR count). The van der Waals surface area contributed by atoms with E-state index in [0.717, 1.165) is 6.07 Å². The van der Waals surface area contributed by atoms with Crippen molar-refractivity contribution in [2.75, 3.05) is 52.0 Å². The zero-order valence-electron chi connectivity index (χ0n) is 18.3. The average Bonchev–Trinajstić information content (AvgIpc) is 2.83. The van der Waals surface area contributed by atoms with E-state index in [-0.39, 0.29) is 55.7 Å². The first-order valence-electron chi connectivity index (χ1n) is 10.3. The number of non-ortho nitro benzene ring substituents is 1. The van der Waals surface area contributed by atoms with Gasteiger partial charge in [-0.2, -0.15) is 4.31 Å². The van der Waals surface area contributed by atoms with Crippen LogP contribution in [0.3, 0.4) is 0 Å². The van der Waals surface area contributed by atoms with Crippen LogP contribution < -0.4 is 14.4 Å². The normalized spacial score (nSPS) is 19.1. The SMILES string of the molecule is COc1ccc(OC)c2c1CN(c1ccc([N+](=O)[O-])cc1S(=O)(=O)N1CCOCC1)CC2O. The Morgan fingerprint density at radius 2 is 1.79 bits per heavy atom. The van der Waals surface area contributed by atoms with Gasteiger partial charge in [-0.25, -0.2) is 8.42 Å². The maximum absolute atomic E-state index is 13.5. The highest BCUT2D eigenvalue weighted by Crippen LogP contribution is 2.42. The van der Waals surface area contributed by atoms with E-state index in [2.05, 4.69) is 0 Å². The molecule has 0 saturated carbocycles. The summed E-state index contributed by atoms with van der Waals surface area (Å²) >= 11 is 0. The summed E-state index contributed by atoms with van der Waals surface area (Å²) < 4.78 is 44.4. The second-order valence-electron chi connectivity index (χ2n) is 7.68. The number of hydrogen-bond donors (Lipinski definition) is 1. The molecule has 178 valence electrons. The largest absolute Gasteiger partial charge is 0.496 e. The Morgan fingerprint density at radius 1 is 1.12 bits per heavy atom. The van der Waals surface area contributed by atoms with Gasteiger partial charge in [-0.3, -0.25) is 10.1 Å². The molecule has 1 unspecified atom stereocenters. The smallest absolute Gasteiger partial charge is 0.270 e. The van der Waals surface area contributed by atoms with E-state index in [9.17, 15) is 23.6 Å². The molecule has 33 heavy (non-hydrogen) atoms. The van der Waals surface area contributed by atoms with Crippen molar-refractivity contribution in [1.82, 2.24) is 4.31 Å². The van der Waals surface area contributed by atoms with E-state index >= 15 is 0 Å². The van der Waals surface area contributed by atoms with Crippen molar-refractivity contribution in [2.45, 2.75) is 17.5 Å². The molecule has 1 fully saturated rings. The number of benzene rings is 2. The summed E-state index contributed by atoms with van der Waals surface area (Å²) in [5.41, 5.74) is 1.17. The number of methoxy groups -OCH3 is 2. The molecule has 0 spiro atoms. The minimum absolute atomic E-state index is 0.0694. The van der Waals surface area contributed by atoms with Crippen LogP contribution in [0.2, 0.25) is 0 Å². The van der Waals surface area contributed by atoms with Gasteiger partial charge in [-0.15, -0.1) is 0 Å². The zero-order chi connectivity index (χ0) is 23.8. The Balaban J connectivity index is 1.82. The van der Waals surface area contributed by atoms with E-state index in [1.807, 2.05) is 0 Å². The third-order valence-corrected chi connectivity index (χ3v) is 7.80. The molecule has 12 heteroatoms. The molecule has 1 N–H and O–H groups in total. The molecule has 0 aromatic heterocycles. The number of sulfonamides is 1. The molecule has 0 bridgehead atoms. The van der Waals surface area contributed by atoms with Gasteiger partial charge in [0.2, 0.25) is 10.0 Å². The lowest BCUT2D eigenvalue weighted by Gasteiger charge is -2.36. The number of hydrogen-bond acceptors (Lipinski definition) is 9. The maximum atomic E-state index is 13.5. The summed E-state index contributed by atoms with van der Waals surface area (Å²) in [6.07, 6.45) is -0.993. The first-order valence-corrected chi connectivity index (χ1v) is 11.7. The van der Waals surface area contributed by atoms with Crippen LogP contribution in [0.25, 0.3) is 0 Å². The monoisotopic (exact) mass is 479 g/mol. The second kappa shape index (κ2) is 9.14. The fraction of sp³-hybridized carbons (Fsp3) is 0.429. The second-order valence-corrected chi connectivity index (χ2v) is 9.59. The van der Waals surface area contributed by atoms with Crippen LogP contribution in [0.5, 0.6) is 11.5 Å². The van der Waals surface area contributed by atoms with Crippen molar-refractivity contribution in [3.63, 3.8) is 0 Å². The van der Waals surface area contributed by atoms with E-state index in [0.29, 0.717) is 22.6 Å². The van der Waals surface area contributed by atoms with Crippen LogP contribution in [0.15, 0.2) is 35.2 Å². The number of β-amino-alcohol motifs (C(OH)–C–C–N with tert-alkyl or cyclic N) is 1. The Labute approximate surface area is 191 Å². The number of aliphatic hydroxyl groups excluding tert-OH is 1. The van der Waals surface area contributed by atoms with E-state index < -0.39 is 21.1 Å². The third kappa shape index (κ3) is 4.22. The molecule has 2 aliphatic heterocycles. The lowest BCUT2D eigenvalue weighted by Crippen LogP contribution is -2.42. The standard InChI is InChI=1S/C21H25N3O8S/c1-30-18-5-6-19(31-2)21-15(18)12-22(13-17(21)25)16-4-3-14(24(26)27)11-20(16)33(28,29)23-7-9-32-10-8-23/h3-6,11,17,25H,7-10,12-13H2,1-2H3. The number of nitro benzene ring substituents is 1. The minimum Gasteiger partial charge on any atom is -0.496 e. The predicted octanol–water partition coefficient (Wildman–Crippen LogP) is 1.69. The Morgan fingerprint density at radius 3 is 2.42 bits per heavy atom. The summed E-state index contributed by atoms with van der Waals surface area (Å²) in [7, 11) is -1.04. The predicted molar refractivity (Wildman–Crippen MR) is 118 cm³/mol. The van der Waals surface area contributed by atoms with Crippen molar-refractivity contribution in [1.29, 1.82) is 0 Å². The van der Waals surface area contributed by atoms with E-state index in [4.69, 9.17) is 14.2 Å². The minimum atomic E-state index is -4.05. The molecule has 2 heterocycles. The number of rotatable bonds is 6. The van der Waals surface area contributed by atoms with Crippen LogP contribution in [0.1, 0.15) is 17.2 Å². The van der Waals surface area contributed by atoms with Gasteiger partial charge >= 0.3 is 0 Å². The molecule has 0 amide bonds. The summed E-state index contributed by atoms with van der Waals surface area (Å²) in [5, 5.41) is 22.4. The highest BCUT2D eigenvalue weighted by atomic mass is 32.2. The van der Waals surface area contributed by atoms with Crippen LogP contribution in [0, 0.1) is 10.1 Å². The van der Waals surface area contributed by atoms with Crippen LogP contribution in [-0.4, -0.2) is 69.8 Å². The molecule has 11 nitrogen and oxygen atoms in total. The van der Waals surface area contributed by atoms with Crippen molar-refractivity contribution < 1.29 is 32.7 Å². The number of nitro groups is 1. The molecule has 0 aliphatic carbocycles. The molecule has 1 saturated heterocycles. The fourth-order valence-electron chi connectivity index (χ4n) is 4.27. The van der Waals surface area contributed by atoms with Crippen LogP contribution >= 0.6 is 0 Å². The van der Waals surface area contributed by atoms with Crippen LogP contribution in [-0.2, 0) is 21.3 Å². The fourth-order valence-corrected chi connectivity index (χ4v) is 5.91. The number of ether oxygens (including phenoxy) is 3. The van der Waals surface area contributed by atoms with Gasteiger partial charge in [0.05, 0.1) is 38.0 Å². The van der Waals surface area contributed by atoms with Crippen molar-refractivity contribution in [3.8, 4) is 11.5 Å². The number of fused-ring (bicyclic) bond motifs is 1. The molecule has 2 aromatic rings.